The van der Waals surface area contributed by atoms with Crippen molar-refractivity contribution in [3.05, 3.63) is 29.8 Å². The topological polar surface area (TPSA) is 94.2 Å². The van der Waals surface area contributed by atoms with Crippen molar-refractivity contribution in [2.45, 2.75) is 51.9 Å². The van der Waals surface area contributed by atoms with Crippen LogP contribution in [-0.4, -0.2) is 43.6 Å². The predicted octanol–water partition coefficient (Wildman–Crippen LogP) is 4.08. The second kappa shape index (κ2) is 10.2. The fourth-order valence-electron chi connectivity index (χ4n) is 2.09. The summed E-state index contributed by atoms with van der Waals surface area (Å²) in [7, 11) is 1.29. The van der Waals surface area contributed by atoms with Crippen LogP contribution in [0.15, 0.2) is 24.3 Å². The van der Waals surface area contributed by atoms with Gasteiger partial charge >= 0.3 is 24.3 Å². The first kappa shape index (κ1) is 25.1. The zero-order valence-corrected chi connectivity index (χ0v) is 17.3. The number of hydrogen-bond acceptors (Lipinski definition) is 6. The van der Waals surface area contributed by atoms with E-state index in [0.717, 1.165) is 29.2 Å². The van der Waals surface area contributed by atoms with Gasteiger partial charge < -0.3 is 19.5 Å². The summed E-state index contributed by atoms with van der Waals surface area (Å²) in [5.74, 6) is -0.733. The molecule has 0 heterocycles. The molecular weight excluding hydrogens is 409 g/mol. The third-order valence-corrected chi connectivity index (χ3v) is 3.49. The van der Waals surface area contributed by atoms with E-state index in [4.69, 9.17) is 14.2 Å². The van der Waals surface area contributed by atoms with E-state index in [1.165, 1.54) is 7.05 Å². The third kappa shape index (κ3) is 9.01. The van der Waals surface area contributed by atoms with Gasteiger partial charge in [-0.2, -0.15) is 13.2 Å². The molecule has 11 heteroatoms. The number of ether oxygens (including phenoxy) is 3. The fourth-order valence-corrected chi connectivity index (χ4v) is 2.09. The van der Waals surface area contributed by atoms with E-state index in [2.05, 4.69) is 5.32 Å². The maximum absolute atomic E-state index is 12.6. The molecule has 1 N–H and O–H groups in total. The summed E-state index contributed by atoms with van der Waals surface area (Å²) >= 11 is 0. The van der Waals surface area contributed by atoms with Gasteiger partial charge in [0.05, 0.1) is 12.0 Å². The molecule has 0 aliphatic heterocycles. The Morgan fingerprint density at radius 2 is 1.63 bits per heavy atom. The Morgan fingerprint density at radius 3 is 2.13 bits per heavy atom. The van der Waals surface area contributed by atoms with E-state index in [0.29, 0.717) is 0 Å². The second-order valence-electron chi connectivity index (χ2n) is 7.40. The summed E-state index contributed by atoms with van der Waals surface area (Å²) in [4.78, 5) is 36.2. The highest BCUT2D eigenvalue weighted by Gasteiger charge is 2.30. The number of halogens is 3. The lowest BCUT2D eigenvalue weighted by molar-refractivity contribution is -0.152. The van der Waals surface area contributed by atoms with E-state index in [1.54, 1.807) is 27.7 Å². The van der Waals surface area contributed by atoms with Crippen LogP contribution in [0, 0.1) is 0 Å². The molecule has 1 rings (SSSR count). The molecule has 0 aromatic heterocycles. The van der Waals surface area contributed by atoms with Gasteiger partial charge in [0.15, 0.2) is 0 Å². The van der Waals surface area contributed by atoms with E-state index < -0.39 is 48.3 Å². The molecule has 0 spiro atoms. The van der Waals surface area contributed by atoms with Crippen molar-refractivity contribution in [3.63, 3.8) is 0 Å². The maximum atomic E-state index is 12.6. The Balaban J connectivity index is 2.41. The molecule has 2 amide bonds. The van der Waals surface area contributed by atoms with Crippen LogP contribution in [0.1, 0.15) is 39.7 Å². The zero-order valence-electron chi connectivity index (χ0n) is 17.3. The van der Waals surface area contributed by atoms with E-state index in [1.807, 2.05) is 0 Å². The summed E-state index contributed by atoms with van der Waals surface area (Å²) < 4.78 is 52.3. The molecule has 0 fully saturated rings. The lowest BCUT2D eigenvalue weighted by Crippen LogP contribution is -2.39. The summed E-state index contributed by atoms with van der Waals surface area (Å²) in [6.07, 6.45) is -6.29. The van der Waals surface area contributed by atoms with Gasteiger partial charge in [0.1, 0.15) is 5.60 Å². The normalized spacial score (nSPS) is 12.5. The van der Waals surface area contributed by atoms with Gasteiger partial charge in [-0.25, -0.2) is 9.59 Å². The Labute approximate surface area is 172 Å². The molecule has 168 valence electrons. The summed E-state index contributed by atoms with van der Waals surface area (Å²) in [6, 6.07) is 3.30. The maximum Gasteiger partial charge on any atom is 0.416 e. The first-order valence-electron chi connectivity index (χ1n) is 8.92. The SMILES string of the molecule is CC(CC(=O)OCOC(=O)N(C)c1ccc(C(F)(F)F)cc1)NC(=O)OC(C)(C)C. The molecule has 1 unspecified atom stereocenters. The van der Waals surface area contributed by atoms with Gasteiger partial charge in [-0.05, 0) is 52.0 Å². The molecule has 0 aliphatic carbocycles. The molecule has 0 bridgehead atoms. The minimum atomic E-state index is -4.48. The minimum Gasteiger partial charge on any atom is -0.444 e. The van der Waals surface area contributed by atoms with Crippen LogP contribution in [0.5, 0.6) is 0 Å². The Hall–Kier alpha value is -2.98. The summed E-state index contributed by atoms with van der Waals surface area (Å²) in [5, 5.41) is 2.46. The Bertz CT molecular complexity index is 744. The first-order valence-corrected chi connectivity index (χ1v) is 8.92. The largest absolute Gasteiger partial charge is 0.444 e. The van der Waals surface area contributed by atoms with Crippen LogP contribution < -0.4 is 10.2 Å². The molecule has 0 aliphatic rings. The number of nitrogens with zero attached hydrogens (tertiary/aromatic N) is 1. The number of anilines is 1. The first-order chi connectivity index (χ1) is 13.7. The van der Waals surface area contributed by atoms with Gasteiger partial charge in [0.2, 0.25) is 6.79 Å². The lowest BCUT2D eigenvalue weighted by Gasteiger charge is -2.21. The highest BCUT2D eigenvalue weighted by atomic mass is 19.4. The minimum absolute atomic E-state index is 0.162. The number of benzene rings is 1. The van der Waals surface area contributed by atoms with Crippen LogP contribution >= 0.6 is 0 Å². The third-order valence-electron chi connectivity index (χ3n) is 3.49. The predicted molar refractivity (Wildman–Crippen MR) is 101 cm³/mol. The van der Waals surface area contributed by atoms with Crippen LogP contribution in [0.2, 0.25) is 0 Å². The number of hydrogen-bond donors (Lipinski definition) is 1. The van der Waals surface area contributed by atoms with Crippen molar-refractivity contribution in [2.75, 3.05) is 18.7 Å². The quantitative estimate of drug-likeness (QED) is 0.536. The standard InChI is InChI=1S/C19H25F3N2O6/c1-12(23-16(26)30-18(2,3)4)10-15(25)28-11-29-17(27)24(5)14-8-6-13(7-9-14)19(20,21)22/h6-9,12H,10-11H2,1-5H3,(H,23,26). The highest BCUT2D eigenvalue weighted by molar-refractivity contribution is 5.87. The molecule has 1 atom stereocenters. The van der Waals surface area contributed by atoms with Crippen LogP contribution in [0.3, 0.4) is 0 Å². The summed E-state index contributed by atoms with van der Waals surface area (Å²) in [5.41, 5.74) is -1.37. The number of esters is 1. The summed E-state index contributed by atoms with van der Waals surface area (Å²) in [6.45, 7) is 5.96. The van der Waals surface area contributed by atoms with Crippen LogP contribution in [0.4, 0.5) is 28.4 Å². The Kier molecular flexibility index (Phi) is 8.49. The van der Waals surface area contributed by atoms with E-state index in [-0.39, 0.29) is 12.1 Å². The van der Waals surface area contributed by atoms with Gasteiger partial charge in [-0.3, -0.25) is 9.69 Å². The molecule has 0 saturated heterocycles. The monoisotopic (exact) mass is 434 g/mol. The van der Waals surface area contributed by atoms with Crippen molar-refractivity contribution in [3.8, 4) is 0 Å². The van der Waals surface area contributed by atoms with Crippen molar-refractivity contribution in [2.24, 2.45) is 0 Å². The molecule has 1 aromatic carbocycles. The van der Waals surface area contributed by atoms with Gasteiger partial charge in [-0.1, -0.05) is 0 Å². The average Bonchev–Trinajstić information content (AvgIpc) is 2.58. The van der Waals surface area contributed by atoms with Gasteiger partial charge in [-0.15, -0.1) is 0 Å². The zero-order chi connectivity index (χ0) is 23.1. The Morgan fingerprint density at radius 1 is 1.07 bits per heavy atom. The molecule has 0 radical (unpaired) electrons. The van der Waals surface area contributed by atoms with Crippen LogP contribution in [-0.2, 0) is 25.2 Å². The second-order valence-corrected chi connectivity index (χ2v) is 7.40. The molecule has 30 heavy (non-hydrogen) atoms. The number of carbonyl (C=O) groups is 3. The van der Waals surface area contributed by atoms with Crippen molar-refractivity contribution in [1.82, 2.24) is 5.32 Å². The molecular formula is C19H25F3N2O6. The van der Waals surface area contributed by atoms with Crippen molar-refractivity contribution in [1.29, 1.82) is 0 Å². The average molecular weight is 434 g/mol. The van der Waals surface area contributed by atoms with Gasteiger partial charge in [0.25, 0.3) is 0 Å². The number of alkyl carbamates (subject to hydrolysis) is 1. The number of nitrogens with one attached hydrogen (secondary N) is 1. The van der Waals surface area contributed by atoms with Gasteiger partial charge in [0, 0.05) is 18.8 Å². The lowest BCUT2D eigenvalue weighted by atomic mass is 10.2. The molecule has 1 aromatic rings. The van der Waals surface area contributed by atoms with Crippen molar-refractivity contribution >= 4 is 23.8 Å². The molecule has 8 nitrogen and oxygen atoms in total. The van der Waals surface area contributed by atoms with Crippen LogP contribution in [0.25, 0.3) is 0 Å². The number of rotatable bonds is 6. The molecule has 0 saturated carbocycles. The highest BCUT2D eigenvalue weighted by Crippen LogP contribution is 2.30. The number of amides is 2. The smallest absolute Gasteiger partial charge is 0.416 e. The van der Waals surface area contributed by atoms with E-state index in [9.17, 15) is 27.6 Å². The van der Waals surface area contributed by atoms with Crippen molar-refractivity contribution < 1.29 is 41.8 Å². The fraction of sp³-hybridized carbons (Fsp3) is 0.526. The number of alkyl halides is 3. The van der Waals surface area contributed by atoms with E-state index >= 15 is 0 Å². The number of carbonyl (C=O) groups excluding carboxylic acids is 3.